The lowest BCUT2D eigenvalue weighted by Crippen LogP contribution is -2.46. The van der Waals surface area contributed by atoms with Gasteiger partial charge in [-0.05, 0) is 6.07 Å². The number of nitrogens with zero attached hydrogens (tertiary/aromatic N) is 2. The predicted molar refractivity (Wildman–Crippen MR) is 57.1 cm³/mol. The quantitative estimate of drug-likeness (QED) is 0.450. The molecule has 1 heterocycles. The minimum absolute atomic E-state index is 0.126. The first-order chi connectivity index (χ1) is 8.11. The van der Waals surface area contributed by atoms with Gasteiger partial charge in [-0.25, -0.2) is 5.06 Å². The molecule has 7 nitrogen and oxygen atoms in total. The Labute approximate surface area is 96.8 Å². The van der Waals surface area contributed by atoms with E-state index in [1.165, 1.54) is 18.2 Å². The number of hydroxylamine groups is 2. The Morgan fingerprint density at radius 1 is 1.47 bits per heavy atom. The van der Waals surface area contributed by atoms with Crippen molar-refractivity contribution in [3.8, 4) is 0 Å². The molecule has 1 unspecified atom stereocenters. The second-order valence-electron chi connectivity index (χ2n) is 3.66. The fraction of sp³-hybridized carbons (Fsp3) is 0.300. The number of benzene rings is 1. The van der Waals surface area contributed by atoms with E-state index in [0.717, 1.165) is 0 Å². The molecule has 0 spiro atoms. The fourth-order valence-corrected chi connectivity index (χ4v) is 1.79. The van der Waals surface area contributed by atoms with Crippen LogP contribution in [0.5, 0.6) is 0 Å². The third-order valence-corrected chi connectivity index (χ3v) is 2.60. The molecule has 0 saturated carbocycles. The van der Waals surface area contributed by atoms with Crippen molar-refractivity contribution in [3.63, 3.8) is 0 Å². The van der Waals surface area contributed by atoms with Crippen LogP contribution >= 0.6 is 0 Å². The van der Waals surface area contributed by atoms with Gasteiger partial charge in [0.2, 0.25) is 5.91 Å². The fourth-order valence-electron chi connectivity index (χ4n) is 1.79. The Morgan fingerprint density at radius 2 is 2.18 bits per heavy atom. The maximum absolute atomic E-state index is 11.3. The summed E-state index contributed by atoms with van der Waals surface area (Å²) in [7, 11) is 0. The molecule has 1 atom stereocenters. The molecule has 2 N–H and O–H groups in total. The van der Waals surface area contributed by atoms with E-state index in [1.807, 2.05) is 0 Å². The molecule has 1 amide bonds. The first kappa shape index (κ1) is 11.5. The van der Waals surface area contributed by atoms with Crippen molar-refractivity contribution in [1.82, 2.24) is 10.4 Å². The van der Waals surface area contributed by atoms with Crippen molar-refractivity contribution in [2.45, 2.75) is 12.6 Å². The number of nitro groups is 1. The normalized spacial score (nSPS) is 20.4. The first-order valence-corrected chi connectivity index (χ1v) is 5.09. The molecular weight excluding hydrogens is 226 g/mol. The molecule has 1 fully saturated rings. The monoisotopic (exact) mass is 237 g/mol. The van der Waals surface area contributed by atoms with Gasteiger partial charge in [-0.15, -0.1) is 0 Å². The highest BCUT2D eigenvalue weighted by Crippen LogP contribution is 2.28. The molecule has 1 aromatic rings. The summed E-state index contributed by atoms with van der Waals surface area (Å²) in [5.74, 6) is -0.452. The molecule has 1 aliphatic heterocycles. The van der Waals surface area contributed by atoms with Gasteiger partial charge in [0.05, 0.1) is 10.5 Å². The summed E-state index contributed by atoms with van der Waals surface area (Å²) in [5, 5.41) is 23.8. The molecule has 1 saturated heterocycles. The van der Waals surface area contributed by atoms with E-state index in [4.69, 9.17) is 0 Å². The summed E-state index contributed by atoms with van der Waals surface area (Å²) in [6, 6.07) is 6.01. The molecule has 0 bridgehead atoms. The molecule has 0 aromatic heterocycles. The van der Waals surface area contributed by atoms with Gasteiger partial charge < -0.3 is 0 Å². The van der Waals surface area contributed by atoms with Crippen molar-refractivity contribution < 1.29 is 14.9 Å². The molecule has 90 valence electrons. The van der Waals surface area contributed by atoms with E-state index in [9.17, 15) is 20.1 Å². The van der Waals surface area contributed by atoms with Gasteiger partial charge in [-0.3, -0.25) is 25.4 Å². The third-order valence-electron chi connectivity index (χ3n) is 2.60. The van der Waals surface area contributed by atoms with Crippen molar-refractivity contribution in [2.24, 2.45) is 0 Å². The van der Waals surface area contributed by atoms with Crippen LogP contribution in [0.3, 0.4) is 0 Å². The number of carbonyl (C=O) groups is 1. The Kier molecular flexibility index (Phi) is 3.03. The van der Waals surface area contributed by atoms with Crippen LogP contribution in [-0.4, -0.2) is 27.6 Å². The zero-order valence-corrected chi connectivity index (χ0v) is 8.87. The molecule has 0 aliphatic carbocycles. The minimum Gasteiger partial charge on any atom is -0.291 e. The van der Waals surface area contributed by atoms with E-state index in [-0.39, 0.29) is 17.7 Å². The van der Waals surface area contributed by atoms with Gasteiger partial charge in [0.15, 0.2) is 0 Å². The van der Waals surface area contributed by atoms with Crippen LogP contribution in [0.15, 0.2) is 24.3 Å². The number of nitro benzene ring substituents is 1. The van der Waals surface area contributed by atoms with Gasteiger partial charge in [0.1, 0.15) is 6.17 Å². The summed E-state index contributed by atoms with van der Waals surface area (Å²) in [6.45, 7) is 0.382. The number of amides is 1. The van der Waals surface area contributed by atoms with Gasteiger partial charge in [0, 0.05) is 19.0 Å². The lowest BCUT2D eigenvalue weighted by atomic mass is 10.1. The third kappa shape index (κ3) is 2.10. The number of para-hydroxylation sites is 1. The van der Waals surface area contributed by atoms with Crippen LogP contribution in [0.1, 0.15) is 18.2 Å². The summed E-state index contributed by atoms with van der Waals surface area (Å²) < 4.78 is 0. The van der Waals surface area contributed by atoms with E-state index >= 15 is 0 Å². The molecule has 1 aliphatic rings. The zero-order chi connectivity index (χ0) is 12.4. The standard InChI is InChI=1S/C10H11N3O4/c14-9-5-6-11-10(12(9)15)7-3-1-2-4-8(7)13(16)17/h1-4,10-11,15H,5-6H2. The largest absolute Gasteiger partial charge is 0.291 e. The summed E-state index contributed by atoms with van der Waals surface area (Å²) in [6.07, 6.45) is -0.689. The Balaban J connectivity index is 2.39. The molecule has 2 rings (SSSR count). The summed E-state index contributed by atoms with van der Waals surface area (Å²) >= 11 is 0. The summed E-state index contributed by atoms with van der Waals surface area (Å²) in [5.41, 5.74) is 0.145. The second kappa shape index (κ2) is 4.48. The van der Waals surface area contributed by atoms with E-state index in [1.54, 1.807) is 6.07 Å². The van der Waals surface area contributed by atoms with Gasteiger partial charge in [-0.1, -0.05) is 12.1 Å². The lowest BCUT2D eigenvalue weighted by molar-refractivity contribution is -0.386. The molecular formula is C10H11N3O4. The Bertz CT molecular complexity index is 463. The Morgan fingerprint density at radius 3 is 2.88 bits per heavy atom. The predicted octanol–water partition coefficient (Wildman–Crippen LogP) is 0.804. The average Bonchev–Trinajstić information content (AvgIpc) is 2.33. The van der Waals surface area contributed by atoms with Crippen LogP contribution in [0.2, 0.25) is 0 Å². The number of nitrogens with one attached hydrogen (secondary N) is 1. The first-order valence-electron chi connectivity index (χ1n) is 5.09. The second-order valence-corrected chi connectivity index (χ2v) is 3.66. The maximum atomic E-state index is 11.3. The topological polar surface area (TPSA) is 95.7 Å². The van der Waals surface area contributed by atoms with Crippen molar-refractivity contribution in [1.29, 1.82) is 0 Å². The average molecular weight is 237 g/mol. The number of hydrogen-bond donors (Lipinski definition) is 2. The zero-order valence-electron chi connectivity index (χ0n) is 8.87. The lowest BCUT2D eigenvalue weighted by Gasteiger charge is -2.31. The SMILES string of the molecule is O=C1CCNC(c2ccccc2[N+](=O)[O-])N1O. The van der Waals surface area contributed by atoms with Crippen LogP contribution in [0.4, 0.5) is 5.69 Å². The maximum Gasteiger partial charge on any atom is 0.276 e. The van der Waals surface area contributed by atoms with Crippen LogP contribution in [0, 0.1) is 10.1 Å². The molecule has 17 heavy (non-hydrogen) atoms. The Hall–Kier alpha value is -1.99. The molecule has 7 heteroatoms. The van der Waals surface area contributed by atoms with Crippen LogP contribution < -0.4 is 5.32 Å². The highest BCUT2D eigenvalue weighted by molar-refractivity contribution is 5.76. The van der Waals surface area contributed by atoms with Gasteiger partial charge >= 0.3 is 0 Å². The van der Waals surface area contributed by atoms with Crippen molar-refractivity contribution >= 4 is 11.6 Å². The van der Waals surface area contributed by atoms with E-state index in [0.29, 0.717) is 11.6 Å². The van der Waals surface area contributed by atoms with Gasteiger partial charge in [-0.2, -0.15) is 0 Å². The highest BCUT2D eigenvalue weighted by atomic mass is 16.6. The summed E-state index contributed by atoms with van der Waals surface area (Å²) in [4.78, 5) is 21.6. The van der Waals surface area contributed by atoms with Crippen molar-refractivity contribution in [3.05, 3.63) is 39.9 Å². The molecule has 1 aromatic carbocycles. The number of carbonyl (C=O) groups excluding carboxylic acids is 1. The van der Waals surface area contributed by atoms with E-state index < -0.39 is 17.0 Å². The number of hydrogen-bond acceptors (Lipinski definition) is 5. The van der Waals surface area contributed by atoms with Crippen molar-refractivity contribution in [2.75, 3.05) is 6.54 Å². The smallest absolute Gasteiger partial charge is 0.276 e. The van der Waals surface area contributed by atoms with Crippen LogP contribution in [0.25, 0.3) is 0 Å². The number of rotatable bonds is 2. The highest BCUT2D eigenvalue weighted by Gasteiger charge is 2.32. The van der Waals surface area contributed by atoms with E-state index in [2.05, 4.69) is 5.32 Å². The molecule has 0 radical (unpaired) electrons. The minimum atomic E-state index is -0.863. The van der Waals surface area contributed by atoms with Gasteiger partial charge in [0.25, 0.3) is 5.69 Å². The van der Waals surface area contributed by atoms with Crippen LogP contribution in [-0.2, 0) is 4.79 Å².